The summed E-state index contributed by atoms with van der Waals surface area (Å²) in [5, 5.41) is 2.84. The number of aromatic nitrogens is 2. The summed E-state index contributed by atoms with van der Waals surface area (Å²) in [6, 6.07) is 7.57. The smallest absolute Gasteiger partial charge is 0.410 e. The minimum atomic E-state index is -0.673. The molecule has 1 saturated heterocycles. The van der Waals surface area contributed by atoms with Gasteiger partial charge in [0.15, 0.2) is 11.0 Å². The van der Waals surface area contributed by atoms with Crippen LogP contribution in [0.1, 0.15) is 31.1 Å². The van der Waals surface area contributed by atoms with E-state index < -0.39 is 11.6 Å². The standard InChI is InChI=1S/C21H25Cl2N5O4/c1-21(2,3)32-20(30)28-11-9-27(10-12-28)14-7-5-13(6-8-14)24-17-15(18(29)31-4)16(22)25-19(23)26-17/h5-8H,9-12H2,1-4H3,(H,24,25,26). The first-order valence-corrected chi connectivity index (χ1v) is 10.7. The highest BCUT2D eigenvalue weighted by Crippen LogP contribution is 2.28. The Balaban J connectivity index is 1.66. The van der Waals surface area contributed by atoms with E-state index in [0.29, 0.717) is 31.9 Å². The minimum absolute atomic E-state index is 0.000841. The summed E-state index contributed by atoms with van der Waals surface area (Å²) in [6.07, 6.45) is -0.291. The van der Waals surface area contributed by atoms with Gasteiger partial charge in [0, 0.05) is 37.6 Å². The van der Waals surface area contributed by atoms with Crippen molar-refractivity contribution in [2.75, 3.05) is 43.5 Å². The molecule has 0 bridgehead atoms. The van der Waals surface area contributed by atoms with Crippen LogP contribution in [0.3, 0.4) is 0 Å². The molecule has 32 heavy (non-hydrogen) atoms. The zero-order valence-corrected chi connectivity index (χ0v) is 19.8. The van der Waals surface area contributed by atoms with Crippen molar-refractivity contribution in [2.45, 2.75) is 26.4 Å². The molecule has 11 heteroatoms. The third-order valence-electron chi connectivity index (χ3n) is 4.65. The van der Waals surface area contributed by atoms with Crippen molar-refractivity contribution in [3.63, 3.8) is 0 Å². The summed E-state index contributed by atoms with van der Waals surface area (Å²) < 4.78 is 10.2. The molecule has 1 aliphatic heterocycles. The van der Waals surface area contributed by atoms with Gasteiger partial charge in [-0.1, -0.05) is 11.6 Å². The molecule has 1 amide bonds. The number of piperazine rings is 1. The highest BCUT2D eigenvalue weighted by atomic mass is 35.5. The number of esters is 1. The van der Waals surface area contributed by atoms with E-state index in [1.54, 1.807) is 4.90 Å². The van der Waals surface area contributed by atoms with Crippen LogP contribution in [0, 0.1) is 0 Å². The van der Waals surface area contributed by atoms with Crippen LogP contribution in [0.4, 0.5) is 22.0 Å². The second kappa shape index (κ2) is 9.79. The molecular weight excluding hydrogens is 457 g/mol. The van der Waals surface area contributed by atoms with Crippen LogP contribution in [0.5, 0.6) is 0 Å². The predicted octanol–water partition coefficient (Wildman–Crippen LogP) is 4.37. The lowest BCUT2D eigenvalue weighted by Crippen LogP contribution is -2.50. The van der Waals surface area contributed by atoms with E-state index in [1.807, 2.05) is 45.0 Å². The number of ether oxygens (including phenoxy) is 2. The SMILES string of the molecule is COC(=O)c1c(Cl)nc(Cl)nc1Nc1ccc(N2CCN(C(=O)OC(C)(C)C)CC2)cc1. The molecular formula is C21H25Cl2N5O4. The molecule has 1 aromatic heterocycles. The van der Waals surface area contributed by atoms with Crippen LogP contribution in [-0.4, -0.2) is 65.8 Å². The Morgan fingerprint density at radius 1 is 1.03 bits per heavy atom. The number of hydrogen-bond acceptors (Lipinski definition) is 8. The molecule has 0 radical (unpaired) electrons. The van der Waals surface area contributed by atoms with Gasteiger partial charge >= 0.3 is 12.1 Å². The Bertz CT molecular complexity index is 987. The Morgan fingerprint density at radius 2 is 1.66 bits per heavy atom. The first-order valence-electron chi connectivity index (χ1n) is 9.98. The normalized spacial score (nSPS) is 14.2. The highest BCUT2D eigenvalue weighted by Gasteiger charge is 2.26. The van der Waals surface area contributed by atoms with Gasteiger partial charge < -0.3 is 24.6 Å². The fourth-order valence-electron chi connectivity index (χ4n) is 3.15. The molecule has 1 aromatic carbocycles. The summed E-state index contributed by atoms with van der Waals surface area (Å²) in [5.74, 6) is -0.519. The zero-order valence-electron chi connectivity index (χ0n) is 18.3. The molecule has 0 aliphatic carbocycles. The number of hydrogen-bond donors (Lipinski definition) is 1. The number of methoxy groups -OCH3 is 1. The van der Waals surface area contributed by atoms with Crippen LogP contribution in [0.15, 0.2) is 24.3 Å². The first kappa shape index (κ1) is 23.9. The maximum absolute atomic E-state index is 12.2. The summed E-state index contributed by atoms with van der Waals surface area (Å²) in [7, 11) is 1.24. The molecule has 172 valence electrons. The van der Waals surface area contributed by atoms with Gasteiger partial charge in [-0.15, -0.1) is 0 Å². The van der Waals surface area contributed by atoms with Crippen LogP contribution >= 0.6 is 23.2 Å². The molecule has 3 rings (SSSR count). The van der Waals surface area contributed by atoms with Crippen LogP contribution in [0.2, 0.25) is 10.4 Å². The van der Waals surface area contributed by atoms with E-state index in [9.17, 15) is 9.59 Å². The van der Waals surface area contributed by atoms with Gasteiger partial charge in [-0.25, -0.2) is 14.6 Å². The molecule has 0 atom stereocenters. The van der Waals surface area contributed by atoms with Crippen LogP contribution < -0.4 is 10.2 Å². The molecule has 1 aliphatic rings. The second-order valence-electron chi connectivity index (χ2n) is 8.12. The van der Waals surface area contributed by atoms with E-state index in [1.165, 1.54) is 7.11 Å². The molecule has 0 saturated carbocycles. The number of benzene rings is 1. The highest BCUT2D eigenvalue weighted by molar-refractivity contribution is 6.34. The van der Waals surface area contributed by atoms with Crippen molar-refractivity contribution in [3.05, 3.63) is 40.3 Å². The fourth-order valence-corrected chi connectivity index (χ4v) is 3.61. The van der Waals surface area contributed by atoms with E-state index in [2.05, 4.69) is 20.2 Å². The molecule has 1 fully saturated rings. The number of rotatable bonds is 4. The van der Waals surface area contributed by atoms with Gasteiger partial charge in [0.05, 0.1) is 7.11 Å². The molecule has 9 nitrogen and oxygen atoms in total. The lowest BCUT2D eigenvalue weighted by atomic mass is 10.2. The van der Waals surface area contributed by atoms with Crippen molar-refractivity contribution in [1.29, 1.82) is 0 Å². The molecule has 2 heterocycles. The fraction of sp³-hybridized carbons (Fsp3) is 0.429. The number of carbonyl (C=O) groups excluding carboxylic acids is 2. The largest absolute Gasteiger partial charge is 0.465 e. The third kappa shape index (κ3) is 5.92. The van der Waals surface area contributed by atoms with E-state index in [-0.39, 0.29) is 27.9 Å². The minimum Gasteiger partial charge on any atom is -0.465 e. The van der Waals surface area contributed by atoms with Crippen LogP contribution in [0.25, 0.3) is 0 Å². The number of anilines is 3. The van der Waals surface area contributed by atoms with Crippen molar-refractivity contribution < 1.29 is 19.1 Å². The van der Waals surface area contributed by atoms with Gasteiger partial charge in [-0.2, -0.15) is 4.98 Å². The number of nitrogens with zero attached hydrogens (tertiary/aromatic N) is 4. The number of amides is 1. The lowest BCUT2D eigenvalue weighted by molar-refractivity contribution is 0.0240. The van der Waals surface area contributed by atoms with E-state index >= 15 is 0 Å². The molecule has 1 N–H and O–H groups in total. The first-order chi connectivity index (χ1) is 15.1. The predicted molar refractivity (Wildman–Crippen MR) is 123 cm³/mol. The van der Waals surface area contributed by atoms with Crippen molar-refractivity contribution >= 4 is 52.5 Å². The summed E-state index contributed by atoms with van der Waals surface area (Å²) >= 11 is 11.9. The number of nitrogens with one attached hydrogen (secondary N) is 1. The maximum atomic E-state index is 12.2. The summed E-state index contributed by atoms with van der Waals surface area (Å²) in [4.78, 5) is 36.0. The Hall–Kier alpha value is -2.78. The molecule has 0 unspecified atom stereocenters. The lowest BCUT2D eigenvalue weighted by Gasteiger charge is -2.36. The Morgan fingerprint density at radius 3 is 2.22 bits per heavy atom. The zero-order chi connectivity index (χ0) is 23.5. The topological polar surface area (TPSA) is 96.9 Å². The van der Waals surface area contributed by atoms with Gasteiger partial charge in [-0.3, -0.25) is 0 Å². The van der Waals surface area contributed by atoms with E-state index in [4.69, 9.17) is 32.7 Å². The van der Waals surface area contributed by atoms with Crippen molar-refractivity contribution in [3.8, 4) is 0 Å². The number of halogens is 2. The van der Waals surface area contributed by atoms with Crippen molar-refractivity contribution in [1.82, 2.24) is 14.9 Å². The average molecular weight is 482 g/mol. The molecule has 0 spiro atoms. The van der Waals surface area contributed by atoms with Gasteiger partial charge in [-0.05, 0) is 56.6 Å². The Labute approximate surface area is 196 Å². The monoisotopic (exact) mass is 481 g/mol. The van der Waals surface area contributed by atoms with Crippen molar-refractivity contribution in [2.24, 2.45) is 0 Å². The Kier molecular flexibility index (Phi) is 7.30. The van der Waals surface area contributed by atoms with Gasteiger partial charge in [0.1, 0.15) is 11.2 Å². The van der Waals surface area contributed by atoms with Crippen LogP contribution in [-0.2, 0) is 9.47 Å². The summed E-state index contributed by atoms with van der Waals surface area (Å²) in [6.45, 7) is 8.10. The quantitative estimate of drug-likeness (QED) is 0.390. The maximum Gasteiger partial charge on any atom is 0.410 e. The summed E-state index contributed by atoms with van der Waals surface area (Å²) in [5.41, 5.74) is 1.17. The number of carbonyl (C=O) groups is 2. The molecule has 2 aromatic rings. The van der Waals surface area contributed by atoms with Gasteiger partial charge in [0.25, 0.3) is 0 Å². The van der Waals surface area contributed by atoms with Gasteiger partial charge in [0.2, 0.25) is 5.28 Å². The van der Waals surface area contributed by atoms with E-state index in [0.717, 1.165) is 5.69 Å². The second-order valence-corrected chi connectivity index (χ2v) is 8.82. The average Bonchev–Trinajstić information content (AvgIpc) is 2.72. The third-order valence-corrected chi connectivity index (χ3v) is 5.10.